The van der Waals surface area contributed by atoms with E-state index in [4.69, 9.17) is 14.1 Å². The summed E-state index contributed by atoms with van der Waals surface area (Å²) in [5.74, 6) is 0.168. The molecule has 0 amide bonds. The third-order valence-electron chi connectivity index (χ3n) is 6.10. The van der Waals surface area contributed by atoms with E-state index in [1.165, 1.54) is 0 Å². The van der Waals surface area contributed by atoms with Crippen molar-refractivity contribution in [3.63, 3.8) is 0 Å². The van der Waals surface area contributed by atoms with Crippen molar-refractivity contribution in [2.75, 3.05) is 6.61 Å². The molecule has 1 N–H and O–H groups in total. The Morgan fingerprint density at radius 2 is 1.69 bits per heavy atom. The van der Waals surface area contributed by atoms with Gasteiger partial charge in [-0.15, -0.1) is 0 Å². The molecule has 176 valence electrons. The molecule has 1 aromatic heterocycles. The summed E-state index contributed by atoms with van der Waals surface area (Å²) < 4.78 is 11.6. The summed E-state index contributed by atoms with van der Waals surface area (Å²) in [5, 5.41) is 22.4. The van der Waals surface area contributed by atoms with Crippen LogP contribution in [0.5, 0.6) is 5.75 Å². The molecule has 0 saturated heterocycles. The van der Waals surface area contributed by atoms with E-state index >= 15 is 0 Å². The van der Waals surface area contributed by atoms with E-state index in [9.17, 15) is 15.0 Å². The molecule has 36 heavy (non-hydrogen) atoms. The molecule has 0 aliphatic heterocycles. The number of aliphatic hydroxyl groups is 1. The van der Waals surface area contributed by atoms with Crippen molar-refractivity contribution in [3.05, 3.63) is 102 Å². The summed E-state index contributed by atoms with van der Waals surface area (Å²) in [4.78, 5) is 15.6. The number of ether oxygens (including phenoxy) is 1. The molecule has 0 fully saturated rings. The zero-order valence-corrected chi connectivity index (χ0v) is 22.0. The van der Waals surface area contributed by atoms with Crippen molar-refractivity contribution in [2.24, 2.45) is 0 Å². The Bertz CT molecular complexity index is 1310. The van der Waals surface area contributed by atoms with Crippen molar-refractivity contribution >= 4 is 11.5 Å². The molecular formula is C29H24NNaO5. The molecule has 0 unspecified atom stereocenters. The van der Waals surface area contributed by atoms with Gasteiger partial charge in [-0.25, -0.2) is 4.98 Å². The quantitative estimate of drug-likeness (QED) is 0.375. The number of rotatable bonds is 8. The van der Waals surface area contributed by atoms with Gasteiger partial charge in [0.05, 0.1) is 11.6 Å². The Balaban J connectivity index is 0.00000304. The number of hydrogen-bond acceptors (Lipinski definition) is 6. The van der Waals surface area contributed by atoms with E-state index < -0.39 is 18.2 Å². The fraction of sp³-hybridized carbons (Fsp3) is 0.172. The number of hydrogen-bond donors (Lipinski definition) is 1. The summed E-state index contributed by atoms with van der Waals surface area (Å²) in [6, 6.07) is 26.7. The molecule has 0 spiro atoms. The number of carbonyl (C=O) groups excluding carboxylic acids is 1. The second-order valence-electron chi connectivity index (χ2n) is 8.60. The summed E-state index contributed by atoms with van der Waals surface area (Å²) in [5.41, 5.74) is 2.85. The Morgan fingerprint density at radius 1 is 1.00 bits per heavy atom. The van der Waals surface area contributed by atoms with Crippen molar-refractivity contribution in [2.45, 2.75) is 24.9 Å². The van der Waals surface area contributed by atoms with Crippen LogP contribution in [0.3, 0.4) is 0 Å². The molecule has 1 heterocycles. The summed E-state index contributed by atoms with van der Waals surface area (Å²) in [6.45, 7) is -0.528. The molecule has 4 aromatic rings. The van der Waals surface area contributed by atoms with Gasteiger partial charge in [-0.2, -0.15) is 0 Å². The van der Waals surface area contributed by atoms with Gasteiger partial charge in [0.2, 0.25) is 5.89 Å². The summed E-state index contributed by atoms with van der Waals surface area (Å²) >= 11 is 0. The first-order valence-corrected chi connectivity index (χ1v) is 11.5. The van der Waals surface area contributed by atoms with Crippen LogP contribution in [-0.4, -0.2) is 28.3 Å². The fourth-order valence-corrected chi connectivity index (χ4v) is 4.49. The van der Waals surface area contributed by atoms with Crippen molar-refractivity contribution in [1.29, 1.82) is 0 Å². The van der Waals surface area contributed by atoms with E-state index in [-0.39, 0.29) is 29.6 Å². The minimum absolute atomic E-state index is 0. The van der Waals surface area contributed by atoms with Gasteiger partial charge in [-0.05, 0) is 30.5 Å². The number of aliphatic carboxylic acids is 1. The molecule has 0 radical (unpaired) electrons. The molecular weight excluding hydrogens is 465 g/mol. The van der Waals surface area contributed by atoms with Crippen LogP contribution in [0.2, 0.25) is 0 Å². The maximum atomic E-state index is 11.7. The average molecular weight is 490 g/mol. The molecule has 0 saturated carbocycles. The first-order valence-electron chi connectivity index (χ1n) is 11.5. The van der Waals surface area contributed by atoms with Crippen LogP contribution in [0.1, 0.15) is 24.3 Å². The van der Waals surface area contributed by atoms with E-state index in [2.05, 4.69) is 0 Å². The van der Waals surface area contributed by atoms with Crippen LogP contribution in [0.15, 0.2) is 95.4 Å². The van der Waals surface area contributed by atoms with Crippen molar-refractivity contribution in [3.8, 4) is 28.3 Å². The van der Waals surface area contributed by atoms with Crippen LogP contribution in [0.4, 0.5) is 0 Å². The van der Waals surface area contributed by atoms with Gasteiger partial charge in [0.25, 0.3) is 0 Å². The van der Waals surface area contributed by atoms with Gasteiger partial charge in [0.15, 0.2) is 5.76 Å². The predicted molar refractivity (Wildman–Crippen MR) is 130 cm³/mol. The van der Waals surface area contributed by atoms with E-state index in [0.717, 1.165) is 22.4 Å². The number of carboxylic acid groups (broad SMARTS) is 1. The number of aromatic nitrogens is 1. The number of benzene rings is 3. The standard InChI is InChI=1S/C29H25NO5.Na/c31-25(32)19-34-23-14-7-9-20(17-23)18-29(33)16-8-15-24(29)28-30-26(21-10-3-1-4-11-21)27(35-28)22-12-5-2-6-13-22;/h1-7,9-15,17,33H,8,16,18-19H2,(H,31,32);/q;+1/p-1/t29-;/m0./s1. The average Bonchev–Trinajstić information content (AvgIpc) is 3.48. The summed E-state index contributed by atoms with van der Waals surface area (Å²) in [7, 11) is 0. The van der Waals surface area contributed by atoms with Crippen LogP contribution in [0.25, 0.3) is 28.2 Å². The Hall–Kier alpha value is -3.16. The molecule has 5 rings (SSSR count). The zero-order valence-electron chi connectivity index (χ0n) is 20.0. The molecule has 6 nitrogen and oxygen atoms in total. The van der Waals surface area contributed by atoms with Gasteiger partial charge in [0, 0.05) is 23.1 Å². The number of carboxylic acids is 1. The van der Waals surface area contributed by atoms with Crippen molar-refractivity contribution in [1.82, 2.24) is 4.98 Å². The van der Waals surface area contributed by atoms with Gasteiger partial charge < -0.3 is 24.2 Å². The number of oxazole rings is 1. The number of allylic oxidation sites excluding steroid dienone is 1. The van der Waals surface area contributed by atoms with E-state index in [0.29, 0.717) is 42.2 Å². The Kier molecular flexibility index (Phi) is 8.11. The monoisotopic (exact) mass is 489 g/mol. The van der Waals surface area contributed by atoms with Gasteiger partial charge in [0.1, 0.15) is 18.1 Å². The van der Waals surface area contributed by atoms with E-state index in [1.807, 2.05) is 72.8 Å². The smallest absolute Gasteiger partial charge is 0.546 e. The zero-order chi connectivity index (χ0) is 24.3. The largest absolute Gasteiger partial charge is 1.00 e. The molecule has 1 aliphatic carbocycles. The van der Waals surface area contributed by atoms with Gasteiger partial charge in [-0.3, -0.25) is 0 Å². The minimum atomic E-state index is -1.29. The normalized spacial score (nSPS) is 16.8. The summed E-state index contributed by atoms with van der Waals surface area (Å²) in [6.07, 6.45) is 3.50. The van der Waals surface area contributed by atoms with Crippen LogP contribution >= 0.6 is 0 Å². The van der Waals surface area contributed by atoms with Crippen LogP contribution in [0, 0.1) is 0 Å². The SMILES string of the molecule is O=C([O-])COc1cccc(C[C@@]2(O)CCC=C2c2nc(-c3ccccc3)c(-c3ccccc3)o2)c1.[Na+]. The van der Waals surface area contributed by atoms with Gasteiger partial charge >= 0.3 is 29.6 Å². The molecule has 7 heteroatoms. The second kappa shape index (κ2) is 11.3. The Labute approximate surface area is 231 Å². The maximum absolute atomic E-state index is 11.7. The first-order chi connectivity index (χ1) is 17.0. The molecule has 1 aliphatic rings. The Morgan fingerprint density at radius 3 is 2.39 bits per heavy atom. The third-order valence-corrected chi connectivity index (χ3v) is 6.10. The molecule has 3 aromatic carbocycles. The number of carbonyl (C=O) groups is 1. The number of nitrogens with zero attached hydrogens (tertiary/aromatic N) is 1. The van der Waals surface area contributed by atoms with E-state index in [1.54, 1.807) is 18.2 Å². The maximum Gasteiger partial charge on any atom is 1.00 e. The van der Waals surface area contributed by atoms with Crippen LogP contribution < -0.4 is 39.4 Å². The first kappa shape index (κ1) is 25.9. The van der Waals surface area contributed by atoms with Crippen molar-refractivity contribution < 1.29 is 53.7 Å². The third kappa shape index (κ3) is 5.63. The fourth-order valence-electron chi connectivity index (χ4n) is 4.49. The molecule has 1 atom stereocenters. The topological polar surface area (TPSA) is 95.6 Å². The predicted octanol–water partition coefficient (Wildman–Crippen LogP) is 1.29. The van der Waals surface area contributed by atoms with Gasteiger partial charge in [-0.1, -0.05) is 78.9 Å². The molecule has 0 bridgehead atoms. The minimum Gasteiger partial charge on any atom is -0.546 e. The van der Waals surface area contributed by atoms with Crippen LogP contribution in [-0.2, 0) is 11.2 Å². The second-order valence-corrected chi connectivity index (χ2v) is 8.60.